The smallest absolute Gasteiger partial charge is 0.407 e. The average molecular weight is 481 g/mol. The van der Waals surface area contributed by atoms with Crippen molar-refractivity contribution in [2.45, 2.75) is 50.7 Å². The van der Waals surface area contributed by atoms with E-state index in [4.69, 9.17) is 4.74 Å². The van der Waals surface area contributed by atoms with Crippen LogP contribution < -0.4 is 5.32 Å². The van der Waals surface area contributed by atoms with Gasteiger partial charge < -0.3 is 25.2 Å². The molecule has 1 heterocycles. The van der Waals surface area contributed by atoms with E-state index in [1.54, 1.807) is 0 Å². The number of rotatable bonds is 7. The van der Waals surface area contributed by atoms with E-state index in [1.807, 2.05) is 50.2 Å². The van der Waals surface area contributed by atoms with Gasteiger partial charge >= 0.3 is 12.1 Å². The van der Waals surface area contributed by atoms with Crippen LogP contribution in [0.4, 0.5) is 4.79 Å². The lowest BCUT2D eigenvalue weighted by Gasteiger charge is -2.37. The van der Waals surface area contributed by atoms with Gasteiger partial charge in [-0.3, -0.25) is 4.79 Å². The standard InChI is InChI=1S/C27H32N2O6/c1-3-17(2)23(24(30)29-14-12-27(34,13-15-29)25(31)32)28-26(33)35-16-22-20-10-6-4-8-18(20)19-9-5-7-11-21(19)22/h4-11,17,22-23,34H,3,12-16H2,1-2H3,(H,28,33)(H,31,32). The highest BCUT2D eigenvalue weighted by Gasteiger charge is 2.42. The van der Waals surface area contributed by atoms with Crippen LogP contribution in [0, 0.1) is 5.92 Å². The number of aliphatic hydroxyl groups is 1. The van der Waals surface area contributed by atoms with Gasteiger partial charge in [0.2, 0.25) is 5.91 Å². The molecule has 0 aromatic heterocycles. The number of nitrogens with one attached hydrogen (secondary N) is 1. The summed E-state index contributed by atoms with van der Waals surface area (Å²) in [7, 11) is 0. The number of likely N-dealkylation sites (tertiary alicyclic amines) is 1. The third-order valence-corrected chi connectivity index (χ3v) is 7.40. The third-order valence-electron chi connectivity index (χ3n) is 7.40. The van der Waals surface area contributed by atoms with Crippen LogP contribution in [-0.4, -0.2) is 64.4 Å². The Bertz CT molecular complexity index is 1060. The monoisotopic (exact) mass is 480 g/mol. The Morgan fingerprint density at radius 2 is 1.60 bits per heavy atom. The Hall–Kier alpha value is -3.39. The molecule has 1 aliphatic carbocycles. The molecule has 2 atom stereocenters. The van der Waals surface area contributed by atoms with Gasteiger partial charge in [-0.2, -0.15) is 0 Å². The van der Waals surface area contributed by atoms with Crippen LogP contribution in [0.5, 0.6) is 0 Å². The van der Waals surface area contributed by atoms with Crippen molar-refractivity contribution in [3.63, 3.8) is 0 Å². The minimum Gasteiger partial charge on any atom is -0.479 e. The lowest BCUT2D eigenvalue weighted by molar-refractivity contribution is -0.165. The fourth-order valence-electron chi connectivity index (χ4n) is 4.96. The minimum atomic E-state index is -1.82. The second-order valence-corrected chi connectivity index (χ2v) is 9.50. The number of benzene rings is 2. The largest absolute Gasteiger partial charge is 0.479 e. The number of hydrogen-bond acceptors (Lipinski definition) is 5. The van der Waals surface area contributed by atoms with Gasteiger partial charge in [0.25, 0.3) is 0 Å². The molecule has 0 bridgehead atoms. The molecule has 0 spiro atoms. The first-order valence-electron chi connectivity index (χ1n) is 12.1. The number of amides is 2. The number of fused-ring (bicyclic) bond motifs is 3. The molecule has 2 aromatic carbocycles. The Morgan fingerprint density at radius 1 is 1.06 bits per heavy atom. The highest BCUT2D eigenvalue weighted by Crippen LogP contribution is 2.44. The van der Waals surface area contributed by atoms with Gasteiger partial charge in [0.15, 0.2) is 5.60 Å². The zero-order chi connectivity index (χ0) is 25.2. The number of hydrogen-bond donors (Lipinski definition) is 3. The fourth-order valence-corrected chi connectivity index (χ4v) is 4.96. The number of ether oxygens (including phenoxy) is 1. The molecule has 2 unspecified atom stereocenters. The summed E-state index contributed by atoms with van der Waals surface area (Å²) < 4.78 is 5.63. The summed E-state index contributed by atoms with van der Waals surface area (Å²) in [5.74, 6) is -1.80. The topological polar surface area (TPSA) is 116 Å². The van der Waals surface area contributed by atoms with Crippen LogP contribution in [0.2, 0.25) is 0 Å². The fraction of sp³-hybridized carbons (Fsp3) is 0.444. The summed E-state index contributed by atoms with van der Waals surface area (Å²) in [6.07, 6.45) is -0.101. The zero-order valence-corrected chi connectivity index (χ0v) is 20.1. The van der Waals surface area contributed by atoms with E-state index in [1.165, 1.54) is 4.90 Å². The van der Waals surface area contributed by atoms with E-state index in [-0.39, 0.29) is 50.3 Å². The summed E-state index contributed by atoms with van der Waals surface area (Å²) >= 11 is 0. The molecule has 2 aliphatic rings. The molecule has 1 saturated heterocycles. The van der Waals surface area contributed by atoms with Crippen molar-refractivity contribution < 1.29 is 29.3 Å². The Kier molecular flexibility index (Phi) is 7.12. The maximum atomic E-state index is 13.2. The van der Waals surface area contributed by atoms with E-state index >= 15 is 0 Å². The first kappa shape index (κ1) is 24.7. The number of carbonyl (C=O) groups is 3. The molecular formula is C27H32N2O6. The maximum absolute atomic E-state index is 13.2. The number of nitrogens with zero attached hydrogens (tertiary/aromatic N) is 1. The molecule has 8 nitrogen and oxygen atoms in total. The molecule has 35 heavy (non-hydrogen) atoms. The molecule has 186 valence electrons. The van der Waals surface area contributed by atoms with Gasteiger partial charge in [-0.05, 0) is 28.2 Å². The van der Waals surface area contributed by atoms with E-state index in [9.17, 15) is 24.6 Å². The Morgan fingerprint density at radius 3 is 2.11 bits per heavy atom. The summed E-state index contributed by atoms with van der Waals surface area (Å²) in [6.45, 7) is 4.19. The molecule has 1 aliphatic heterocycles. The van der Waals surface area contributed by atoms with Gasteiger partial charge in [-0.1, -0.05) is 68.8 Å². The number of aliphatic carboxylic acids is 1. The van der Waals surface area contributed by atoms with Gasteiger partial charge in [0.1, 0.15) is 12.6 Å². The Labute approximate surface area is 204 Å². The quantitative estimate of drug-likeness (QED) is 0.560. The predicted molar refractivity (Wildman–Crippen MR) is 130 cm³/mol. The first-order chi connectivity index (χ1) is 16.7. The van der Waals surface area contributed by atoms with Crippen molar-refractivity contribution in [1.82, 2.24) is 10.2 Å². The van der Waals surface area contributed by atoms with Gasteiger partial charge in [-0.25, -0.2) is 9.59 Å². The molecule has 2 aromatic rings. The second kappa shape index (κ2) is 10.1. The SMILES string of the molecule is CCC(C)C(NC(=O)OCC1c2ccccc2-c2ccccc21)C(=O)N1CCC(O)(C(=O)O)CC1. The molecule has 8 heteroatoms. The lowest BCUT2D eigenvalue weighted by Crippen LogP contribution is -2.57. The van der Waals surface area contributed by atoms with Crippen LogP contribution in [0.3, 0.4) is 0 Å². The first-order valence-corrected chi connectivity index (χ1v) is 12.1. The van der Waals surface area contributed by atoms with Crippen molar-refractivity contribution in [1.29, 1.82) is 0 Å². The van der Waals surface area contributed by atoms with Crippen molar-refractivity contribution in [2.24, 2.45) is 5.92 Å². The van der Waals surface area contributed by atoms with Crippen molar-refractivity contribution >= 4 is 18.0 Å². The molecule has 0 saturated carbocycles. The van der Waals surface area contributed by atoms with Crippen LogP contribution in [0.1, 0.15) is 50.2 Å². The van der Waals surface area contributed by atoms with Gasteiger partial charge in [-0.15, -0.1) is 0 Å². The third kappa shape index (κ3) is 4.89. The van der Waals surface area contributed by atoms with Crippen LogP contribution in [-0.2, 0) is 14.3 Å². The summed E-state index contributed by atoms with van der Waals surface area (Å²) in [5.41, 5.74) is 2.67. The molecule has 2 amide bonds. The summed E-state index contributed by atoms with van der Waals surface area (Å²) in [4.78, 5) is 38.8. The molecule has 1 fully saturated rings. The molecular weight excluding hydrogens is 448 g/mol. The molecule has 4 rings (SSSR count). The van der Waals surface area contributed by atoms with E-state index in [0.29, 0.717) is 6.42 Å². The van der Waals surface area contributed by atoms with Crippen LogP contribution in [0.15, 0.2) is 48.5 Å². The Balaban J connectivity index is 1.41. The zero-order valence-electron chi connectivity index (χ0n) is 20.1. The predicted octanol–water partition coefficient (Wildman–Crippen LogP) is 3.38. The highest BCUT2D eigenvalue weighted by molar-refractivity contribution is 5.87. The van der Waals surface area contributed by atoms with E-state index in [2.05, 4.69) is 17.4 Å². The normalized spacial score (nSPS) is 18.2. The number of alkyl carbamates (subject to hydrolysis) is 1. The number of piperidine rings is 1. The highest BCUT2D eigenvalue weighted by atomic mass is 16.5. The summed E-state index contributed by atoms with van der Waals surface area (Å²) in [6, 6.07) is 15.3. The molecule has 3 N–H and O–H groups in total. The lowest BCUT2D eigenvalue weighted by atomic mass is 9.90. The minimum absolute atomic E-state index is 0.0494. The van der Waals surface area contributed by atoms with E-state index < -0.39 is 23.7 Å². The average Bonchev–Trinajstić information content (AvgIpc) is 3.19. The van der Waals surface area contributed by atoms with Gasteiger partial charge in [0.05, 0.1) is 0 Å². The van der Waals surface area contributed by atoms with Gasteiger partial charge in [0, 0.05) is 31.8 Å². The van der Waals surface area contributed by atoms with Crippen molar-refractivity contribution in [3.05, 3.63) is 59.7 Å². The van der Waals surface area contributed by atoms with Crippen molar-refractivity contribution in [3.8, 4) is 11.1 Å². The number of carboxylic acid groups (broad SMARTS) is 1. The van der Waals surface area contributed by atoms with Crippen LogP contribution in [0.25, 0.3) is 11.1 Å². The second-order valence-electron chi connectivity index (χ2n) is 9.50. The number of carbonyl (C=O) groups excluding carboxylic acids is 2. The van der Waals surface area contributed by atoms with Crippen LogP contribution >= 0.6 is 0 Å². The maximum Gasteiger partial charge on any atom is 0.407 e. The number of carboxylic acids is 1. The van der Waals surface area contributed by atoms with E-state index in [0.717, 1.165) is 22.3 Å². The van der Waals surface area contributed by atoms with Crippen molar-refractivity contribution in [2.75, 3.05) is 19.7 Å². The molecule has 0 radical (unpaired) electrons. The summed E-state index contributed by atoms with van der Waals surface area (Å²) in [5, 5.41) is 22.1.